The van der Waals surface area contributed by atoms with Crippen LogP contribution >= 0.6 is 0 Å². The van der Waals surface area contributed by atoms with Gasteiger partial charge in [-0.2, -0.15) is 5.26 Å². The minimum atomic E-state index is -0.103. The summed E-state index contributed by atoms with van der Waals surface area (Å²) in [4.78, 5) is 6.47. The second kappa shape index (κ2) is 7.22. The summed E-state index contributed by atoms with van der Waals surface area (Å²) < 4.78 is 12.0. The molecule has 0 saturated carbocycles. The zero-order chi connectivity index (χ0) is 17.9. The molecule has 5 heteroatoms. The maximum Gasteiger partial charge on any atom is 0.231 e. The first kappa shape index (κ1) is 17.4. The fraction of sp³-hybridized carbons (Fsp3) is 0.400. The lowest BCUT2D eigenvalue weighted by Crippen LogP contribution is -2.42. The maximum absolute atomic E-state index is 9.14. The second-order valence-corrected chi connectivity index (χ2v) is 7.12. The van der Waals surface area contributed by atoms with Crippen molar-refractivity contribution in [3.8, 4) is 11.9 Å². The Morgan fingerprint density at radius 3 is 2.68 bits per heavy atom. The smallest absolute Gasteiger partial charge is 0.231 e. The molecule has 1 aromatic carbocycles. The van der Waals surface area contributed by atoms with Gasteiger partial charge in [0.25, 0.3) is 0 Å². The lowest BCUT2D eigenvalue weighted by atomic mass is 10.0. The van der Waals surface area contributed by atoms with Gasteiger partial charge >= 0.3 is 0 Å². The number of ether oxygens (including phenoxy) is 2. The molecule has 1 aromatic heterocycles. The van der Waals surface area contributed by atoms with Gasteiger partial charge in [-0.25, -0.2) is 4.98 Å². The topological polar surface area (TPSA) is 58.4 Å². The molecule has 25 heavy (non-hydrogen) atoms. The first-order chi connectivity index (χ1) is 12.0. The van der Waals surface area contributed by atoms with Crippen molar-refractivity contribution in [2.75, 3.05) is 13.2 Å². The monoisotopic (exact) mass is 337 g/mol. The van der Waals surface area contributed by atoms with Gasteiger partial charge in [0.05, 0.1) is 0 Å². The highest BCUT2D eigenvalue weighted by molar-refractivity contribution is 5.37. The van der Waals surface area contributed by atoms with Crippen molar-refractivity contribution in [1.29, 1.82) is 5.26 Å². The summed E-state index contributed by atoms with van der Waals surface area (Å²) in [5.41, 5.74) is 1.54. The highest BCUT2D eigenvalue weighted by Gasteiger charge is 2.40. The second-order valence-electron chi connectivity index (χ2n) is 7.12. The van der Waals surface area contributed by atoms with Crippen LogP contribution in [0.2, 0.25) is 0 Å². The minimum Gasteiger partial charge on any atom is -0.474 e. The van der Waals surface area contributed by atoms with Crippen LogP contribution in [0, 0.1) is 11.3 Å². The number of hydrogen-bond donors (Lipinski definition) is 0. The van der Waals surface area contributed by atoms with E-state index in [1.165, 1.54) is 0 Å². The Morgan fingerprint density at radius 1 is 1.24 bits per heavy atom. The first-order valence-electron chi connectivity index (χ1n) is 8.44. The van der Waals surface area contributed by atoms with E-state index in [1.54, 1.807) is 18.3 Å². The Balaban J connectivity index is 1.73. The molecule has 2 heterocycles. The third-order valence-electron chi connectivity index (χ3n) is 4.25. The van der Waals surface area contributed by atoms with Crippen LogP contribution in [-0.2, 0) is 4.74 Å². The number of rotatable bonds is 4. The molecule has 0 aliphatic carbocycles. The van der Waals surface area contributed by atoms with Crippen molar-refractivity contribution in [1.82, 2.24) is 9.88 Å². The summed E-state index contributed by atoms with van der Waals surface area (Å²) in [7, 11) is 0. The number of nitriles is 1. The Bertz CT molecular complexity index is 750. The molecule has 0 amide bonds. The summed E-state index contributed by atoms with van der Waals surface area (Å²) >= 11 is 0. The molecule has 0 radical (unpaired) electrons. The SMILES string of the molecule is CC(C)(C)N1CC(COc2ncccc2C#N)O[C@H]1c1ccccc1. The fourth-order valence-electron chi connectivity index (χ4n) is 2.97. The van der Waals surface area contributed by atoms with Gasteiger partial charge in [-0.15, -0.1) is 0 Å². The molecule has 3 rings (SSSR count). The third kappa shape index (κ3) is 3.98. The highest BCUT2D eigenvalue weighted by Crippen LogP contribution is 2.36. The molecule has 130 valence electrons. The van der Waals surface area contributed by atoms with Crippen molar-refractivity contribution in [2.45, 2.75) is 38.6 Å². The Morgan fingerprint density at radius 2 is 2.00 bits per heavy atom. The molecule has 1 aliphatic heterocycles. The van der Waals surface area contributed by atoms with Crippen LogP contribution in [0.5, 0.6) is 5.88 Å². The number of hydrogen-bond acceptors (Lipinski definition) is 5. The van der Waals surface area contributed by atoms with Gasteiger partial charge in [0.1, 0.15) is 30.6 Å². The van der Waals surface area contributed by atoms with Gasteiger partial charge in [-0.05, 0) is 38.5 Å². The van der Waals surface area contributed by atoms with Crippen LogP contribution in [0.3, 0.4) is 0 Å². The van der Waals surface area contributed by atoms with Gasteiger partial charge in [0.15, 0.2) is 0 Å². The van der Waals surface area contributed by atoms with Gasteiger partial charge in [0.2, 0.25) is 5.88 Å². The Labute approximate surface area is 148 Å². The average Bonchev–Trinajstić information content (AvgIpc) is 3.06. The van der Waals surface area contributed by atoms with E-state index in [2.05, 4.69) is 48.9 Å². The lowest BCUT2D eigenvalue weighted by Gasteiger charge is -2.35. The summed E-state index contributed by atoms with van der Waals surface area (Å²) in [5.74, 6) is 0.360. The number of aromatic nitrogens is 1. The molecule has 1 saturated heterocycles. The number of nitrogens with zero attached hydrogens (tertiary/aromatic N) is 3. The van der Waals surface area contributed by atoms with E-state index < -0.39 is 0 Å². The van der Waals surface area contributed by atoms with Crippen LogP contribution < -0.4 is 4.74 Å². The zero-order valence-corrected chi connectivity index (χ0v) is 14.8. The quantitative estimate of drug-likeness (QED) is 0.854. The third-order valence-corrected chi connectivity index (χ3v) is 4.25. The van der Waals surface area contributed by atoms with E-state index >= 15 is 0 Å². The van der Waals surface area contributed by atoms with Crippen LogP contribution in [0.1, 0.15) is 38.1 Å². The summed E-state index contributed by atoms with van der Waals surface area (Å²) in [6, 6.07) is 15.7. The van der Waals surface area contributed by atoms with E-state index in [-0.39, 0.29) is 17.9 Å². The van der Waals surface area contributed by atoms with Crippen molar-refractivity contribution >= 4 is 0 Å². The Hall–Kier alpha value is -2.42. The van der Waals surface area contributed by atoms with Gasteiger partial charge in [-0.1, -0.05) is 30.3 Å². The molecule has 2 atom stereocenters. The molecule has 2 aromatic rings. The van der Waals surface area contributed by atoms with E-state index in [0.29, 0.717) is 18.1 Å². The summed E-state index contributed by atoms with van der Waals surface area (Å²) in [5, 5.41) is 9.14. The minimum absolute atomic E-state index is 0.0297. The normalized spacial score (nSPS) is 21.0. The lowest BCUT2D eigenvalue weighted by molar-refractivity contribution is -0.0401. The van der Waals surface area contributed by atoms with Crippen molar-refractivity contribution in [3.63, 3.8) is 0 Å². The van der Waals surface area contributed by atoms with Gasteiger partial charge in [0, 0.05) is 18.3 Å². The van der Waals surface area contributed by atoms with E-state index in [9.17, 15) is 0 Å². The molecular formula is C20H23N3O2. The van der Waals surface area contributed by atoms with Crippen LogP contribution in [0.4, 0.5) is 0 Å². The van der Waals surface area contributed by atoms with Crippen LogP contribution in [-0.4, -0.2) is 34.7 Å². The molecule has 0 N–H and O–H groups in total. The highest BCUT2D eigenvalue weighted by atomic mass is 16.6. The predicted molar refractivity (Wildman–Crippen MR) is 95.0 cm³/mol. The maximum atomic E-state index is 9.14. The van der Waals surface area contributed by atoms with E-state index in [0.717, 1.165) is 12.1 Å². The molecule has 1 fully saturated rings. The van der Waals surface area contributed by atoms with Crippen LogP contribution in [0.25, 0.3) is 0 Å². The first-order valence-corrected chi connectivity index (χ1v) is 8.44. The largest absolute Gasteiger partial charge is 0.474 e. The Kier molecular flexibility index (Phi) is 5.03. The van der Waals surface area contributed by atoms with E-state index in [4.69, 9.17) is 14.7 Å². The summed E-state index contributed by atoms with van der Waals surface area (Å²) in [6.07, 6.45) is 1.44. The fourth-order valence-corrected chi connectivity index (χ4v) is 2.97. The summed E-state index contributed by atoms with van der Waals surface area (Å²) in [6.45, 7) is 7.67. The molecule has 1 unspecified atom stereocenters. The van der Waals surface area contributed by atoms with Crippen LogP contribution in [0.15, 0.2) is 48.7 Å². The number of pyridine rings is 1. The molecule has 0 spiro atoms. The molecule has 0 bridgehead atoms. The van der Waals surface area contributed by atoms with Crippen molar-refractivity contribution in [3.05, 3.63) is 59.8 Å². The molecular weight excluding hydrogens is 314 g/mol. The van der Waals surface area contributed by atoms with Gasteiger partial charge < -0.3 is 9.47 Å². The van der Waals surface area contributed by atoms with Gasteiger partial charge in [-0.3, -0.25) is 4.90 Å². The van der Waals surface area contributed by atoms with E-state index in [1.807, 2.05) is 18.2 Å². The molecule has 1 aliphatic rings. The number of benzene rings is 1. The van der Waals surface area contributed by atoms with Crippen molar-refractivity contribution < 1.29 is 9.47 Å². The standard InChI is InChI=1S/C20H23N3O2/c1-20(2,3)23-13-17(25-19(23)15-8-5-4-6-9-15)14-24-18-16(12-21)10-7-11-22-18/h4-11,17,19H,13-14H2,1-3H3/t17?,19-/m0/s1. The average molecular weight is 337 g/mol. The molecule has 5 nitrogen and oxygen atoms in total. The predicted octanol–water partition coefficient (Wildman–Crippen LogP) is 3.53. The van der Waals surface area contributed by atoms with Crippen molar-refractivity contribution in [2.24, 2.45) is 0 Å². The zero-order valence-electron chi connectivity index (χ0n) is 14.8.